The van der Waals surface area contributed by atoms with E-state index >= 15 is 0 Å². The predicted octanol–water partition coefficient (Wildman–Crippen LogP) is 1.23. The maximum atomic E-state index is 12.9. The molecule has 0 atom stereocenters. The Morgan fingerprint density at radius 1 is 1.67 bits per heavy atom. The van der Waals surface area contributed by atoms with Crippen LogP contribution in [0.4, 0.5) is 8.78 Å². The quantitative estimate of drug-likeness (QED) is 0.632. The molecule has 0 unspecified atom stereocenters. The van der Waals surface area contributed by atoms with E-state index in [2.05, 4.69) is 5.10 Å². The molecule has 1 heterocycles. The Labute approximate surface area is 68.0 Å². The van der Waals surface area contributed by atoms with E-state index in [1.54, 1.807) is 6.92 Å². The first-order chi connectivity index (χ1) is 5.57. The fourth-order valence-corrected chi connectivity index (χ4v) is 0.998. The molecule has 0 fully saturated rings. The number of hydrogen-bond acceptors (Lipinski definition) is 2. The topological polar surface area (TPSA) is 34.9 Å². The minimum atomic E-state index is -1.77. The number of rotatable bonds is 2. The summed E-state index contributed by atoms with van der Waals surface area (Å²) in [6.07, 6.45) is 0.336. The van der Waals surface area contributed by atoms with E-state index in [-0.39, 0.29) is 5.69 Å². The highest BCUT2D eigenvalue weighted by atomic mass is 19.1. The number of aryl methyl sites for hydroxylation is 2. The fourth-order valence-electron chi connectivity index (χ4n) is 0.998. The zero-order valence-corrected chi connectivity index (χ0v) is 6.77. The lowest BCUT2D eigenvalue weighted by atomic mass is 10.2. The Morgan fingerprint density at radius 3 is 2.58 bits per heavy atom. The molecule has 66 valence electrons. The molecular formula is C7H8F2N2O. The van der Waals surface area contributed by atoms with Crippen molar-refractivity contribution in [1.82, 2.24) is 9.78 Å². The minimum absolute atomic E-state index is 0.155. The monoisotopic (exact) mass is 174 g/mol. The van der Waals surface area contributed by atoms with Gasteiger partial charge in [-0.05, 0) is 6.42 Å². The summed E-state index contributed by atoms with van der Waals surface area (Å²) in [7, 11) is 1.32. The first-order valence-corrected chi connectivity index (χ1v) is 3.49. The van der Waals surface area contributed by atoms with Gasteiger partial charge in [0.15, 0.2) is 0 Å². The second-order valence-corrected chi connectivity index (χ2v) is 2.36. The van der Waals surface area contributed by atoms with Crippen molar-refractivity contribution in [1.29, 1.82) is 0 Å². The average molecular weight is 174 g/mol. The van der Waals surface area contributed by atoms with E-state index in [1.165, 1.54) is 7.05 Å². The molecule has 0 aliphatic heterocycles. The lowest BCUT2D eigenvalue weighted by Crippen LogP contribution is -1.98. The summed E-state index contributed by atoms with van der Waals surface area (Å²) < 4.78 is 26.0. The van der Waals surface area contributed by atoms with Gasteiger partial charge < -0.3 is 0 Å². The van der Waals surface area contributed by atoms with Gasteiger partial charge in [-0.1, -0.05) is 6.92 Å². The van der Waals surface area contributed by atoms with Gasteiger partial charge >= 0.3 is 6.04 Å². The number of carbonyl (C=O) groups is 1. The molecular weight excluding hydrogens is 166 g/mol. The molecule has 0 bridgehead atoms. The Bertz CT molecular complexity index is 319. The zero-order valence-electron chi connectivity index (χ0n) is 6.77. The highest BCUT2D eigenvalue weighted by molar-refractivity contribution is 5.89. The standard InChI is InChI=1S/C7H8F2N2O/c1-3-4-5(7(9)12)6(8)11(2)10-4/h3H2,1-2H3. The maximum absolute atomic E-state index is 12.9. The molecule has 0 aliphatic rings. The second kappa shape index (κ2) is 3.00. The summed E-state index contributed by atoms with van der Waals surface area (Å²) in [6, 6.07) is -1.77. The van der Waals surface area contributed by atoms with Crippen molar-refractivity contribution in [3.63, 3.8) is 0 Å². The Hall–Kier alpha value is -1.26. The number of aromatic nitrogens is 2. The zero-order chi connectivity index (χ0) is 9.30. The van der Waals surface area contributed by atoms with Crippen molar-refractivity contribution in [3.8, 4) is 0 Å². The van der Waals surface area contributed by atoms with Crippen molar-refractivity contribution >= 4 is 6.04 Å². The van der Waals surface area contributed by atoms with Crippen molar-refractivity contribution in [2.24, 2.45) is 7.05 Å². The molecule has 1 aromatic rings. The van der Waals surface area contributed by atoms with Crippen LogP contribution in [-0.2, 0) is 13.5 Å². The van der Waals surface area contributed by atoms with Gasteiger partial charge in [0, 0.05) is 7.05 Å². The minimum Gasteiger partial charge on any atom is -0.255 e. The number of halogens is 2. The molecule has 0 radical (unpaired) electrons. The van der Waals surface area contributed by atoms with Crippen LogP contribution in [0.1, 0.15) is 23.0 Å². The summed E-state index contributed by atoms with van der Waals surface area (Å²) >= 11 is 0. The van der Waals surface area contributed by atoms with Gasteiger partial charge in [-0.2, -0.15) is 13.9 Å². The molecule has 0 amide bonds. The molecule has 0 aliphatic carbocycles. The van der Waals surface area contributed by atoms with Crippen LogP contribution in [-0.4, -0.2) is 15.8 Å². The van der Waals surface area contributed by atoms with Gasteiger partial charge in [-0.25, -0.2) is 4.68 Å². The molecule has 0 saturated heterocycles. The predicted molar refractivity (Wildman–Crippen MR) is 38.0 cm³/mol. The first-order valence-electron chi connectivity index (χ1n) is 3.49. The third-order valence-electron chi connectivity index (χ3n) is 1.58. The maximum Gasteiger partial charge on any atom is 0.338 e. The third-order valence-corrected chi connectivity index (χ3v) is 1.58. The molecule has 3 nitrogen and oxygen atoms in total. The van der Waals surface area contributed by atoms with Gasteiger partial charge in [0.05, 0.1) is 5.69 Å². The van der Waals surface area contributed by atoms with Gasteiger partial charge in [0.1, 0.15) is 5.56 Å². The van der Waals surface area contributed by atoms with Crippen molar-refractivity contribution < 1.29 is 13.6 Å². The molecule has 0 spiro atoms. The average Bonchev–Trinajstić information content (AvgIpc) is 2.28. The van der Waals surface area contributed by atoms with Crippen LogP contribution in [0.5, 0.6) is 0 Å². The van der Waals surface area contributed by atoms with E-state index in [9.17, 15) is 13.6 Å². The highest BCUT2D eigenvalue weighted by Gasteiger charge is 2.21. The van der Waals surface area contributed by atoms with Crippen molar-refractivity contribution in [3.05, 3.63) is 17.2 Å². The van der Waals surface area contributed by atoms with Crippen molar-refractivity contribution in [2.45, 2.75) is 13.3 Å². The van der Waals surface area contributed by atoms with E-state index in [0.717, 1.165) is 4.68 Å². The van der Waals surface area contributed by atoms with Crippen LogP contribution in [0.3, 0.4) is 0 Å². The van der Waals surface area contributed by atoms with Crippen LogP contribution in [0.15, 0.2) is 0 Å². The number of nitrogens with zero attached hydrogens (tertiary/aromatic N) is 2. The SMILES string of the molecule is CCc1nn(C)c(F)c1C(=O)F. The normalized spacial score (nSPS) is 10.3. The van der Waals surface area contributed by atoms with E-state index < -0.39 is 17.5 Å². The van der Waals surface area contributed by atoms with Crippen LogP contribution in [0, 0.1) is 5.95 Å². The van der Waals surface area contributed by atoms with Crippen molar-refractivity contribution in [2.75, 3.05) is 0 Å². The highest BCUT2D eigenvalue weighted by Crippen LogP contribution is 2.13. The van der Waals surface area contributed by atoms with Gasteiger partial charge in [-0.3, -0.25) is 4.79 Å². The molecule has 1 rings (SSSR count). The van der Waals surface area contributed by atoms with Gasteiger partial charge in [0.25, 0.3) is 0 Å². The van der Waals surface area contributed by atoms with E-state index in [4.69, 9.17) is 0 Å². The van der Waals surface area contributed by atoms with Crippen LogP contribution >= 0.6 is 0 Å². The largest absolute Gasteiger partial charge is 0.338 e. The van der Waals surface area contributed by atoms with Crippen LogP contribution in [0.25, 0.3) is 0 Å². The Balaban J connectivity index is 3.31. The molecule has 1 aromatic heterocycles. The van der Waals surface area contributed by atoms with E-state index in [0.29, 0.717) is 6.42 Å². The lowest BCUT2D eigenvalue weighted by Gasteiger charge is -1.89. The van der Waals surface area contributed by atoms with Gasteiger partial charge in [-0.15, -0.1) is 0 Å². The lowest BCUT2D eigenvalue weighted by molar-refractivity contribution is 0.0829. The molecule has 12 heavy (non-hydrogen) atoms. The molecule has 0 aromatic carbocycles. The number of carbonyl (C=O) groups excluding carboxylic acids is 1. The second-order valence-electron chi connectivity index (χ2n) is 2.36. The summed E-state index contributed by atoms with van der Waals surface area (Å²) in [6.45, 7) is 1.67. The smallest absolute Gasteiger partial charge is 0.255 e. The molecule has 0 N–H and O–H groups in total. The summed E-state index contributed by atoms with van der Waals surface area (Å²) in [5, 5.41) is 3.63. The Kier molecular flexibility index (Phi) is 2.21. The Morgan fingerprint density at radius 2 is 2.25 bits per heavy atom. The summed E-state index contributed by atoms with van der Waals surface area (Å²) in [5.74, 6) is -0.917. The van der Waals surface area contributed by atoms with Gasteiger partial charge in [0.2, 0.25) is 5.95 Å². The first kappa shape index (κ1) is 8.83. The van der Waals surface area contributed by atoms with Crippen LogP contribution in [0.2, 0.25) is 0 Å². The third kappa shape index (κ3) is 1.22. The van der Waals surface area contributed by atoms with Crippen LogP contribution < -0.4 is 0 Å². The fraction of sp³-hybridized carbons (Fsp3) is 0.429. The summed E-state index contributed by atoms with van der Waals surface area (Å²) in [5.41, 5.74) is -0.387. The molecule has 5 heteroatoms. The number of hydrogen-bond donors (Lipinski definition) is 0. The van der Waals surface area contributed by atoms with E-state index in [1.807, 2.05) is 0 Å². The summed E-state index contributed by atoms with van der Waals surface area (Å²) in [4.78, 5) is 10.3. The molecule has 0 saturated carbocycles.